The first-order chi connectivity index (χ1) is 15.1. The number of aromatic nitrogens is 4. The molecule has 0 unspecified atom stereocenters. The lowest BCUT2D eigenvalue weighted by molar-refractivity contribution is -0.290. The lowest BCUT2D eigenvalue weighted by atomic mass is 10.00. The average Bonchev–Trinajstić information content (AvgIpc) is 3.42. The molecule has 0 radical (unpaired) electrons. The number of hydrogen-bond acceptors (Lipinski definition) is 4. The highest BCUT2D eigenvalue weighted by atomic mass is 35.5. The molecule has 5 rings (SSSR count). The lowest BCUT2D eigenvalue weighted by Gasteiger charge is -2.20. The van der Waals surface area contributed by atoms with E-state index in [0.717, 1.165) is 6.07 Å². The zero-order chi connectivity index (χ0) is 22.7. The molecule has 0 aliphatic rings. The van der Waals surface area contributed by atoms with Gasteiger partial charge in [-0.2, -0.15) is 22.0 Å². The molecule has 0 aliphatic heterocycles. The average molecular weight is 465 g/mol. The molecule has 0 fully saturated rings. The molecular weight excluding hydrogens is 455 g/mol. The van der Waals surface area contributed by atoms with E-state index in [1.807, 2.05) is 0 Å². The SMILES string of the molecule is FC(F)(F)C(F)(F)c1cc(-c2ccc(Cl)cc2)c2ccc3nc(-c4cnco4)cn3c2n1. The van der Waals surface area contributed by atoms with Gasteiger partial charge in [0.15, 0.2) is 12.2 Å². The zero-order valence-electron chi connectivity index (χ0n) is 15.7. The number of pyridine rings is 2. The van der Waals surface area contributed by atoms with Gasteiger partial charge in [0, 0.05) is 16.6 Å². The summed E-state index contributed by atoms with van der Waals surface area (Å²) in [4.78, 5) is 11.8. The fourth-order valence-electron chi connectivity index (χ4n) is 3.36. The number of fused-ring (bicyclic) bond motifs is 3. The third-order valence-electron chi connectivity index (χ3n) is 4.92. The topological polar surface area (TPSA) is 56.2 Å². The van der Waals surface area contributed by atoms with Gasteiger partial charge < -0.3 is 4.42 Å². The monoisotopic (exact) mass is 464 g/mol. The Morgan fingerprint density at radius 2 is 1.69 bits per heavy atom. The van der Waals surface area contributed by atoms with Gasteiger partial charge in [-0.05, 0) is 41.5 Å². The summed E-state index contributed by atoms with van der Waals surface area (Å²) in [5, 5.41) is 0.740. The van der Waals surface area contributed by atoms with Crippen molar-refractivity contribution >= 4 is 28.3 Å². The number of rotatable bonds is 3. The molecule has 0 amide bonds. The van der Waals surface area contributed by atoms with Crippen molar-refractivity contribution in [1.82, 2.24) is 19.4 Å². The minimum atomic E-state index is -5.82. The van der Waals surface area contributed by atoms with Gasteiger partial charge in [-0.3, -0.25) is 4.40 Å². The van der Waals surface area contributed by atoms with E-state index in [9.17, 15) is 22.0 Å². The van der Waals surface area contributed by atoms with E-state index in [0.29, 0.717) is 27.4 Å². The first-order valence-electron chi connectivity index (χ1n) is 9.08. The van der Waals surface area contributed by atoms with Gasteiger partial charge in [0.1, 0.15) is 22.7 Å². The highest BCUT2D eigenvalue weighted by Gasteiger charge is 2.60. The Kier molecular flexibility index (Phi) is 4.45. The minimum Gasteiger partial charge on any atom is -0.442 e. The fourth-order valence-corrected chi connectivity index (χ4v) is 3.49. The van der Waals surface area contributed by atoms with Gasteiger partial charge >= 0.3 is 12.1 Å². The van der Waals surface area contributed by atoms with Crippen LogP contribution < -0.4 is 0 Å². The molecule has 5 aromatic rings. The predicted octanol–water partition coefficient (Wildman–Crippen LogP) is 6.51. The van der Waals surface area contributed by atoms with Crippen LogP contribution in [-0.4, -0.2) is 25.5 Å². The van der Waals surface area contributed by atoms with Crippen LogP contribution in [0.2, 0.25) is 5.02 Å². The van der Waals surface area contributed by atoms with Crippen LogP contribution in [0, 0.1) is 0 Å². The van der Waals surface area contributed by atoms with E-state index in [2.05, 4.69) is 15.0 Å². The first kappa shape index (κ1) is 20.4. The first-order valence-corrected chi connectivity index (χ1v) is 9.45. The normalized spacial score (nSPS) is 12.7. The molecule has 4 aromatic heterocycles. The Bertz CT molecular complexity index is 1440. The van der Waals surface area contributed by atoms with Crippen molar-refractivity contribution in [2.45, 2.75) is 12.1 Å². The van der Waals surface area contributed by atoms with Gasteiger partial charge in [-0.1, -0.05) is 23.7 Å². The maximum Gasteiger partial charge on any atom is 0.459 e. The summed E-state index contributed by atoms with van der Waals surface area (Å²) >= 11 is 5.90. The maximum absolute atomic E-state index is 14.3. The fraction of sp³-hybridized carbons (Fsp3) is 0.0952. The largest absolute Gasteiger partial charge is 0.459 e. The molecule has 4 heterocycles. The number of oxazole rings is 1. The quantitative estimate of drug-likeness (QED) is 0.285. The predicted molar refractivity (Wildman–Crippen MR) is 106 cm³/mol. The molecule has 5 nitrogen and oxygen atoms in total. The third kappa shape index (κ3) is 3.18. The summed E-state index contributed by atoms with van der Waals surface area (Å²) in [5.41, 5.74) is -0.404. The van der Waals surface area contributed by atoms with E-state index >= 15 is 0 Å². The van der Waals surface area contributed by atoms with E-state index in [-0.39, 0.29) is 16.9 Å². The molecule has 0 aliphatic carbocycles. The van der Waals surface area contributed by atoms with Crippen LogP contribution in [0.15, 0.2) is 65.7 Å². The van der Waals surface area contributed by atoms with Crippen LogP contribution in [-0.2, 0) is 5.92 Å². The van der Waals surface area contributed by atoms with Gasteiger partial charge in [-0.25, -0.2) is 15.0 Å². The van der Waals surface area contributed by atoms with Crippen LogP contribution in [0.4, 0.5) is 22.0 Å². The Balaban J connectivity index is 1.85. The summed E-state index contributed by atoms with van der Waals surface area (Å²) < 4.78 is 74.7. The van der Waals surface area contributed by atoms with E-state index in [1.54, 1.807) is 12.1 Å². The van der Waals surface area contributed by atoms with Crippen molar-refractivity contribution in [3.05, 3.63) is 72.0 Å². The molecule has 0 spiro atoms. The third-order valence-corrected chi connectivity index (χ3v) is 5.17. The summed E-state index contributed by atoms with van der Waals surface area (Å²) in [6.45, 7) is 0. The van der Waals surface area contributed by atoms with E-state index < -0.39 is 17.8 Å². The van der Waals surface area contributed by atoms with E-state index in [1.165, 1.54) is 47.5 Å². The Hall–Kier alpha value is -3.53. The van der Waals surface area contributed by atoms with Gasteiger partial charge in [0.05, 0.1) is 6.20 Å². The Labute approximate surface area is 181 Å². The van der Waals surface area contributed by atoms with Crippen LogP contribution in [0.3, 0.4) is 0 Å². The number of imidazole rings is 1. The minimum absolute atomic E-state index is 0.118. The molecule has 0 saturated carbocycles. The van der Waals surface area contributed by atoms with Crippen molar-refractivity contribution in [2.24, 2.45) is 0 Å². The molecule has 0 N–H and O–H groups in total. The molecular formula is C21H10ClF5N4O. The molecule has 32 heavy (non-hydrogen) atoms. The summed E-state index contributed by atoms with van der Waals surface area (Å²) in [5.74, 6) is -4.87. The Morgan fingerprint density at radius 1 is 0.938 bits per heavy atom. The van der Waals surface area contributed by atoms with Crippen LogP contribution in [0.1, 0.15) is 5.69 Å². The molecule has 0 atom stereocenters. The zero-order valence-corrected chi connectivity index (χ0v) is 16.5. The van der Waals surface area contributed by atoms with E-state index in [4.69, 9.17) is 16.0 Å². The Morgan fingerprint density at radius 3 is 2.34 bits per heavy atom. The molecule has 1 aromatic carbocycles. The van der Waals surface area contributed by atoms with Crippen molar-refractivity contribution in [2.75, 3.05) is 0 Å². The number of halogens is 6. The standard InChI is InChI=1S/C21H10ClF5N4O/c22-12-3-1-11(2-4-12)14-7-17(20(23,24)21(25,26)27)30-19-13(14)5-6-18-29-15(9-31(18)19)16-8-28-10-32-16/h1-10H. The van der Waals surface area contributed by atoms with Crippen LogP contribution in [0.5, 0.6) is 0 Å². The van der Waals surface area contributed by atoms with Gasteiger partial charge in [-0.15, -0.1) is 0 Å². The highest BCUT2D eigenvalue weighted by Crippen LogP contribution is 2.45. The molecule has 0 saturated heterocycles. The second-order valence-electron chi connectivity index (χ2n) is 6.92. The molecule has 162 valence electrons. The number of benzene rings is 1. The molecule has 0 bridgehead atoms. The summed E-state index contributed by atoms with van der Waals surface area (Å²) in [6.07, 6.45) is -1.79. The van der Waals surface area contributed by atoms with Crippen molar-refractivity contribution in [3.8, 4) is 22.6 Å². The number of hydrogen-bond donors (Lipinski definition) is 0. The van der Waals surface area contributed by atoms with Crippen molar-refractivity contribution in [3.63, 3.8) is 0 Å². The van der Waals surface area contributed by atoms with Crippen molar-refractivity contribution < 1.29 is 26.4 Å². The lowest BCUT2D eigenvalue weighted by Crippen LogP contribution is -2.34. The smallest absolute Gasteiger partial charge is 0.442 e. The second-order valence-corrected chi connectivity index (χ2v) is 7.36. The number of nitrogens with zero attached hydrogens (tertiary/aromatic N) is 4. The highest BCUT2D eigenvalue weighted by molar-refractivity contribution is 6.30. The maximum atomic E-state index is 14.3. The summed E-state index contributed by atoms with van der Waals surface area (Å²) in [7, 11) is 0. The van der Waals surface area contributed by atoms with Gasteiger partial charge in [0.25, 0.3) is 0 Å². The number of alkyl halides is 5. The van der Waals surface area contributed by atoms with Crippen molar-refractivity contribution in [1.29, 1.82) is 0 Å². The van der Waals surface area contributed by atoms with Crippen LogP contribution >= 0.6 is 11.6 Å². The summed E-state index contributed by atoms with van der Waals surface area (Å²) in [6, 6.07) is 10.0. The second kappa shape index (κ2) is 6.99. The molecule has 11 heteroatoms. The van der Waals surface area contributed by atoms with Crippen LogP contribution in [0.25, 0.3) is 39.3 Å². The van der Waals surface area contributed by atoms with Gasteiger partial charge in [0.2, 0.25) is 0 Å².